The molecule has 5 nitrogen and oxygen atoms in total. The van der Waals surface area contributed by atoms with Crippen LogP contribution < -0.4 is 5.32 Å². The summed E-state index contributed by atoms with van der Waals surface area (Å²) in [5, 5.41) is 2.69. The van der Waals surface area contributed by atoms with Crippen molar-refractivity contribution in [1.82, 2.24) is 9.88 Å². The van der Waals surface area contributed by atoms with Crippen LogP contribution in [0.4, 0.5) is 0 Å². The lowest BCUT2D eigenvalue weighted by Crippen LogP contribution is -2.26. The highest BCUT2D eigenvalue weighted by atomic mass is 16.5. The summed E-state index contributed by atoms with van der Waals surface area (Å²) in [5.41, 5.74) is 1.47. The minimum Gasteiger partial charge on any atom is -0.469 e. The van der Waals surface area contributed by atoms with Gasteiger partial charge in [0.1, 0.15) is 0 Å². The van der Waals surface area contributed by atoms with Gasteiger partial charge in [-0.3, -0.25) is 9.59 Å². The molecule has 5 heteroatoms. The number of methoxy groups -OCH3 is 1. The number of esters is 1. The van der Waals surface area contributed by atoms with E-state index in [1.54, 1.807) is 12.1 Å². The van der Waals surface area contributed by atoms with Crippen LogP contribution in [-0.4, -0.2) is 30.1 Å². The van der Waals surface area contributed by atoms with Crippen molar-refractivity contribution in [1.29, 1.82) is 0 Å². The molecule has 2 aromatic rings. The minimum absolute atomic E-state index is 0.166. The Morgan fingerprint density at radius 1 is 1.20 bits per heavy atom. The smallest absolute Gasteiger partial charge is 0.307 e. The average Bonchev–Trinajstić information content (AvgIpc) is 3.01. The number of rotatable bonds is 5. The molecule has 1 aromatic heterocycles. The van der Waals surface area contributed by atoms with Crippen molar-refractivity contribution in [3.05, 3.63) is 54.4 Å². The number of carbonyl (C=O) groups is 2. The monoisotopic (exact) mass is 272 g/mol. The van der Waals surface area contributed by atoms with E-state index in [2.05, 4.69) is 10.1 Å². The highest BCUT2D eigenvalue weighted by Crippen LogP contribution is 2.10. The van der Waals surface area contributed by atoms with Crippen molar-refractivity contribution in [3.8, 4) is 5.69 Å². The molecule has 0 fully saturated rings. The Kier molecular flexibility index (Phi) is 4.55. The van der Waals surface area contributed by atoms with Crippen molar-refractivity contribution >= 4 is 11.9 Å². The van der Waals surface area contributed by atoms with Crippen molar-refractivity contribution in [2.75, 3.05) is 13.7 Å². The van der Waals surface area contributed by atoms with Crippen LogP contribution in [0.2, 0.25) is 0 Å². The first kappa shape index (κ1) is 13.9. The van der Waals surface area contributed by atoms with E-state index >= 15 is 0 Å². The van der Waals surface area contributed by atoms with Crippen molar-refractivity contribution in [3.63, 3.8) is 0 Å². The maximum absolute atomic E-state index is 12.0. The lowest BCUT2D eigenvalue weighted by atomic mass is 10.2. The van der Waals surface area contributed by atoms with Crippen LogP contribution in [0.5, 0.6) is 0 Å². The fourth-order valence-corrected chi connectivity index (χ4v) is 1.80. The average molecular weight is 272 g/mol. The summed E-state index contributed by atoms with van der Waals surface area (Å²) in [6.45, 7) is 0.263. The maximum Gasteiger partial charge on any atom is 0.307 e. The molecule has 0 spiro atoms. The molecule has 2 rings (SSSR count). The number of ether oxygens (including phenoxy) is 1. The van der Waals surface area contributed by atoms with Gasteiger partial charge in [0.15, 0.2) is 0 Å². The molecule has 104 valence electrons. The summed E-state index contributed by atoms with van der Waals surface area (Å²) < 4.78 is 6.43. The second-order valence-corrected chi connectivity index (χ2v) is 4.22. The molecule has 0 bridgehead atoms. The van der Waals surface area contributed by atoms with Crippen LogP contribution in [-0.2, 0) is 9.53 Å². The zero-order valence-electron chi connectivity index (χ0n) is 11.2. The fourth-order valence-electron chi connectivity index (χ4n) is 1.80. The number of hydrogen-bond donors (Lipinski definition) is 1. The normalized spacial score (nSPS) is 10.1. The van der Waals surface area contributed by atoms with E-state index in [0.717, 1.165) is 5.69 Å². The molecule has 1 aromatic carbocycles. The topological polar surface area (TPSA) is 60.3 Å². The summed E-state index contributed by atoms with van der Waals surface area (Å²) in [6.07, 6.45) is 3.99. The third-order valence-corrected chi connectivity index (χ3v) is 2.85. The van der Waals surface area contributed by atoms with Gasteiger partial charge in [-0.1, -0.05) is 6.07 Å². The zero-order chi connectivity index (χ0) is 14.4. The summed E-state index contributed by atoms with van der Waals surface area (Å²) in [6, 6.07) is 11.1. The number of hydrogen-bond acceptors (Lipinski definition) is 3. The number of amides is 1. The highest BCUT2D eigenvalue weighted by molar-refractivity contribution is 5.94. The summed E-state index contributed by atoms with van der Waals surface area (Å²) in [5.74, 6) is -0.547. The van der Waals surface area contributed by atoms with E-state index in [1.807, 2.05) is 41.2 Å². The third kappa shape index (κ3) is 3.47. The maximum atomic E-state index is 12.0. The first-order valence-electron chi connectivity index (χ1n) is 6.29. The molecule has 0 saturated carbocycles. The molecule has 1 heterocycles. The quantitative estimate of drug-likeness (QED) is 0.844. The molecule has 0 aliphatic heterocycles. The molecule has 1 amide bonds. The van der Waals surface area contributed by atoms with E-state index in [9.17, 15) is 9.59 Å². The van der Waals surface area contributed by atoms with Crippen LogP contribution in [0, 0.1) is 0 Å². The summed E-state index contributed by atoms with van der Waals surface area (Å²) in [4.78, 5) is 22.9. The number of aromatic nitrogens is 1. The Morgan fingerprint density at radius 3 is 2.65 bits per heavy atom. The molecule has 0 unspecified atom stereocenters. The fraction of sp³-hybridized carbons (Fsp3) is 0.200. The molecule has 0 saturated heterocycles. The number of benzene rings is 1. The van der Waals surface area contributed by atoms with E-state index in [-0.39, 0.29) is 24.8 Å². The second kappa shape index (κ2) is 6.56. The van der Waals surface area contributed by atoms with E-state index in [0.29, 0.717) is 5.56 Å². The largest absolute Gasteiger partial charge is 0.469 e. The number of carbonyl (C=O) groups excluding carboxylic acids is 2. The lowest BCUT2D eigenvalue weighted by Gasteiger charge is -2.07. The van der Waals surface area contributed by atoms with Gasteiger partial charge in [0, 0.05) is 30.2 Å². The third-order valence-electron chi connectivity index (χ3n) is 2.85. The first-order valence-corrected chi connectivity index (χ1v) is 6.29. The van der Waals surface area contributed by atoms with Gasteiger partial charge in [-0.2, -0.15) is 0 Å². The predicted octanol–water partition coefficient (Wildman–Crippen LogP) is 1.77. The van der Waals surface area contributed by atoms with Gasteiger partial charge >= 0.3 is 5.97 Å². The number of nitrogens with zero attached hydrogens (tertiary/aromatic N) is 1. The first-order chi connectivity index (χ1) is 9.70. The van der Waals surface area contributed by atoms with Gasteiger partial charge in [-0.25, -0.2) is 0 Å². The molecule has 0 aliphatic rings. The second-order valence-electron chi connectivity index (χ2n) is 4.22. The van der Waals surface area contributed by atoms with Crippen molar-refractivity contribution < 1.29 is 14.3 Å². The van der Waals surface area contributed by atoms with Crippen LogP contribution in [0.25, 0.3) is 5.69 Å². The molecule has 0 radical (unpaired) electrons. The van der Waals surface area contributed by atoms with E-state index in [1.165, 1.54) is 7.11 Å². The Morgan fingerprint density at radius 2 is 1.95 bits per heavy atom. The standard InChI is InChI=1S/C15H16N2O3/c1-20-14(18)7-8-16-15(19)12-5-4-6-13(11-12)17-9-2-3-10-17/h2-6,9-11H,7-8H2,1H3,(H,16,19). The van der Waals surface area contributed by atoms with Crippen LogP contribution in [0.3, 0.4) is 0 Å². The molecule has 0 aliphatic carbocycles. The summed E-state index contributed by atoms with van der Waals surface area (Å²) >= 11 is 0. The lowest BCUT2D eigenvalue weighted by molar-refractivity contribution is -0.140. The molecular formula is C15H16N2O3. The Labute approximate surface area is 117 Å². The van der Waals surface area contributed by atoms with Gasteiger partial charge in [-0.15, -0.1) is 0 Å². The van der Waals surface area contributed by atoms with E-state index < -0.39 is 0 Å². The van der Waals surface area contributed by atoms with Gasteiger partial charge in [0.05, 0.1) is 13.5 Å². The Balaban J connectivity index is 2.00. The molecular weight excluding hydrogens is 256 g/mol. The molecule has 20 heavy (non-hydrogen) atoms. The SMILES string of the molecule is COC(=O)CCNC(=O)c1cccc(-n2cccc2)c1. The summed E-state index contributed by atoms with van der Waals surface area (Å²) in [7, 11) is 1.32. The van der Waals surface area contributed by atoms with Gasteiger partial charge in [-0.05, 0) is 30.3 Å². The number of nitrogens with one attached hydrogen (secondary N) is 1. The van der Waals surface area contributed by atoms with Gasteiger partial charge < -0.3 is 14.6 Å². The molecule has 1 N–H and O–H groups in total. The van der Waals surface area contributed by atoms with Crippen LogP contribution in [0.15, 0.2) is 48.8 Å². The van der Waals surface area contributed by atoms with Crippen LogP contribution >= 0.6 is 0 Å². The van der Waals surface area contributed by atoms with E-state index in [4.69, 9.17) is 0 Å². The van der Waals surface area contributed by atoms with Gasteiger partial charge in [0.25, 0.3) is 5.91 Å². The minimum atomic E-state index is -0.341. The Hall–Kier alpha value is -2.56. The van der Waals surface area contributed by atoms with Gasteiger partial charge in [0.2, 0.25) is 0 Å². The highest BCUT2D eigenvalue weighted by Gasteiger charge is 2.07. The predicted molar refractivity (Wildman–Crippen MR) is 74.7 cm³/mol. The van der Waals surface area contributed by atoms with Crippen LogP contribution in [0.1, 0.15) is 16.8 Å². The van der Waals surface area contributed by atoms with Crippen molar-refractivity contribution in [2.45, 2.75) is 6.42 Å². The Bertz CT molecular complexity index is 591. The molecule has 0 atom stereocenters. The zero-order valence-corrected chi connectivity index (χ0v) is 11.2. The van der Waals surface area contributed by atoms with Crippen molar-refractivity contribution in [2.24, 2.45) is 0 Å².